The van der Waals surface area contributed by atoms with E-state index in [2.05, 4.69) is 152 Å². The highest BCUT2D eigenvalue weighted by atomic mass is 16.7. The molecule has 7 heterocycles. The van der Waals surface area contributed by atoms with Gasteiger partial charge in [-0.15, -0.1) is 0 Å². The van der Waals surface area contributed by atoms with E-state index in [1.54, 1.807) is 0 Å². The molecular weight excluding hydrogens is 1080 g/mol. The second-order valence-electron chi connectivity index (χ2n) is 33.3. The van der Waals surface area contributed by atoms with Crippen molar-refractivity contribution in [3.05, 3.63) is 0 Å². The van der Waals surface area contributed by atoms with Crippen LogP contribution in [0.15, 0.2) is 0 Å². The molecule has 1 saturated carbocycles. The van der Waals surface area contributed by atoms with Gasteiger partial charge in [0.25, 0.3) is 0 Å². The molecular formula is C78H170O9. The molecule has 9 nitrogen and oxygen atoms in total. The van der Waals surface area contributed by atoms with Gasteiger partial charge in [0.1, 0.15) is 13.6 Å². The summed E-state index contributed by atoms with van der Waals surface area (Å²) in [6, 6.07) is 0. The first kappa shape index (κ1) is 100. The normalized spacial score (nSPS) is 22.6. The van der Waals surface area contributed by atoms with Crippen LogP contribution in [0.5, 0.6) is 0 Å². The van der Waals surface area contributed by atoms with Crippen LogP contribution < -0.4 is 0 Å². The Morgan fingerprint density at radius 3 is 0.874 bits per heavy atom. The minimum absolute atomic E-state index is 0. The summed E-state index contributed by atoms with van der Waals surface area (Å²) in [6.45, 7) is 64.6. The van der Waals surface area contributed by atoms with Crippen molar-refractivity contribution in [1.82, 2.24) is 0 Å². The van der Waals surface area contributed by atoms with Crippen LogP contribution in [0.3, 0.4) is 0 Å². The number of rotatable bonds is 6. The Hall–Kier alpha value is -0.360. The van der Waals surface area contributed by atoms with Gasteiger partial charge in [-0.05, 0) is 157 Å². The Labute approximate surface area is 551 Å². The first-order chi connectivity index (χ1) is 37.1. The zero-order valence-corrected chi connectivity index (χ0v) is 57.8. The Morgan fingerprint density at radius 2 is 0.563 bits per heavy atom. The predicted octanol–water partition coefficient (Wildman–Crippen LogP) is 23.7. The molecule has 8 rings (SSSR count). The van der Waals surface area contributed by atoms with E-state index < -0.39 is 0 Å². The van der Waals surface area contributed by atoms with Crippen LogP contribution in [0.2, 0.25) is 0 Å². The van der Waals surface area contributed by atoms with Gasteiger partial charge in [0, 0.05) is 77.9 Å². The maximum absolute atomic E-state index is 5.43. The first-order valence-corrected chi connectivity index (χ1v) is 33.3. The lowest BCUT2D eigenvalue weighted by atomic mass is 9.80. The summed E-state index contributed by atoms with van der Waals surface area (Å²) in [5.74, 6) is 8.30. The van der Waals surface area contributed by atoms with Gasteiger partial charge >= 0.3 is 0 Å². The summed E-state index contributed by atoms with van der Waals surface area (Å²) in [5.41, 5.74) is 2.64. The molecule has 536 valence electrons. The van der Waals surface area contributed by atoms with Gasteiger partial charge in [-0.1, -0.05) is 236 Å². The fourth-order valence-corrected chi connectivity index (χ4v) is 12.2. The molecule has 0 aromatic rings. The highest BCUT2D eigenvalue weighted by molar-refractivity contribution is 4.78. The van der Waals surface area contributed by atoms with Crippen molar-refractivity contribution < 1.29 is 42.6 Å². The van der Waals surface area contributed by atoms with E-state index in [0.29, 0.717) is 57.9 Å². The topological polar surface area (TPSA) is 83.1 Å². The van der Waals surface area contributed by atoms with Gasteiger partial charge in [0.05, 0.1) is 26.4 Å². The Kier molecular flexibility index (Phi) is 61.0. The quantitative estimate of drug-likeness (QED) is 0.258. The minimum atomic E-state index is 0. The largest absolute Gasteiger partial charge is 0.381 e. The SMILES string of the molecule is C.C.C.C.C.C.C.CC(C)(C)C1CCOC1.CC(C)(C)C1COCOC1.CC(C)(C)CC1CCCOC1.CC(C)(C)CC1CCOC1.CC(C)(C)CC1CCOCC1.CC(C)(C)CC1COCOC1.CC(C)C1CCCCC1.CC(C)C1CCOCC1. The van der Waals surface area contributed by atoms with Crippen LogP contribution in [0.4, 0.5) is 0 Å². The molecule has 3 unspecified atom stereocenters. The Balaban J connectivity index is -0.000000166. The van der Waals surface area contributed by atoms with Crippen molar-refractivity contribution in [3.63, 3.8) is 0 Å². The molecule has 0 N–H and O–H groups in total. The molecule has 7 aliphatic heterocycles. The van der Waals surface area contributed by atoms with Crippen LogP contribution in [0.25, 0.3) is 0 Å². The lowest BCUT2D eigenvalue weighted by Crippen LogP contribution is -2.33. The van der Waals surface area contributed by atoms with Gasteiger partial charge in [0.15, 0.2) is 0 Å². The minimum Gasteiger partial charge on any atom is -0.381 e. The second kappa shape index (κ2) is 53.0. The fraction of sp³-hybridized carbons (Fsp3) is 1.00. The standard InChI is InChI=1S/2C10H20O.C9H18O2.C9H18O.C9H18.C8H16O2.2C8H16O.7CH4/c1-10(2,3)8-9-4-6-11-7-5-9;1-10(2,3)7-9-5-4-6-11-8-9;1-9(2,3)4-8-5-10-7-11-6-8;1-9(2,3)6-8-4-5-10-7-8;1-8(2)9-6-4-3-5-7-9;1-8(2,3)7-4-9-6-10-5-7;1-8(2,3)7-4-5-9-6-7;1-7(2)8-3-5-9-6-4-8;;;;;;;/h2*9H,4-8H2,1-3H3;8H,4-7H2,1-3H3;8H,4-7H2,1-3H3;8-9H,3-7H2,1-2H3;7H,4-6H2,1-3H3;7H,4-6H2,1-3H3;7-8H,3-6H2,1-2H3;7*1H4. The molecule has 7 saturated heterocycles. The van der Waals surface area contributed by atoms with Crippen LogP contribution in [-0.2, 0) is 42.6 Å². The Bertz CT molecular complexity index is 1300. The van der Waals surface area contributed by atoms with Gasteiger partial charge in [-0.25, -0.2) is 0 Å². The third-order valence-corrected chi connectivity index (χ3v) is 17.1. The molecule has 0 spiro atoms. The highest BCUT2D eigenvalue weighted by Crippen LogP contribution is 2.35. The summed E-state index contributed by atoms with van der Waals surface area (Å²) < 4.78 is 47.4. The monoisotopic (exact) mass is 1250 g/mol. The van der Waals surface area contributed by atoms with E-state index in [1.807, 2.05) is 0 Å². The smallest absolute Gasteiger partial charge is 0.146 e. The van der Waals surface area contributed by atoms with Gasteiger partial charge < -0.3 is 42.6 Å². The summed E-state index contributed by atoms with van der Waals surface area (Å²) in [5, 5.41) is 0. The molecule has 1 aliphatic carbocycles. The maximum atomic E-state index is 5.43. The molecule has 0 aromatic heterocycles. The zero-order chi connectivity index (χ0) is 60.5. The van der Waals surface area contributed by atoms with E-state index in [-0.39, 0.29) is 52.0 Å². The lowest BCUT2D eigenvalue weighted by Gasteiger charge is -2.33. The van der Waals surface area contributed by atoms with Crippen molar-refractivity contribution >= 4 is 0 Å². The third-order valence-electron chi connectivity index (χ3n) is 17.1. The van der Waals surface area contributed by atoms with Crippen molar-refractivity contribution in [1.29, 1.82) is 0 Å². The number of hydrogen-bond acceptors (Lipinski definition) is 9. The number of ether oxygens (including phenoxy) is 9. The predicted molar refractivity (Wildman–Crippen MR) is 388 cm³/mol. The van der Waals surface area contributed by atoms with Crippen molar-refractivity contribution in [2.24, 2.45) is 91.7 Å². The molecule has 8 fully saturated rings. The number of hydrogen-bond donors (Lipinski definition) is 0. The van der Waals surface area contributed by atoms with E-state index in [0.717, 1.165) is 140 Å². The van der Waals surface area contributed by atoms with Gasteiger partial charge in [-0.2, -0.15) is 0 Å². The molecule has 0 amide bonds. The molecule has 0 bridgehead atoms. The highest BCUT2D eigenvalue weighted by Gasteiger charge is 2.29. The maximum Gasteiger partial charge on any atom is 0.146 e. The van der Waals surface area contributed by atoms with Crippen LogP contribution in [0.1, 0.15) is 313 Å². The van der Waals surface area contributed by atoms with Gasteiger partial charge in [-0.3, -0.25) is 0 Å². The molecule has 3 atom stereocenters. The van der Waals surface area contributed by atoms with E-state index >= 15 is 0 Å². The average molecular weight is 1250 g/mol. The summed E-state index contributed by atoms with van der Waals surface area (Å²) in [7, 11) is 0. The first-order valence-electron chi connectivity index (χ1n) is 33.3. The summed E-state index contributed by atoms with van der Waals surface area (Å²) in [4.78, 5) is 0. The zero-order valence-electron chi connectivity index (χ0n) is 57.8. The molecule has 87 heavy (non-hydrogen) atoms. The Morgan fingerprint density at radius 1 is 0.264 bits per heavy atom. The second-order valence-corrected chi connectivity index (χ2v) is 33.3. The van der Waals surface area contributed by atoms with Crippen molar-refractivity contribution in [2.75, 3.05) is 106 Å². The van der Waals surface area contributed by atoms with E-state index in [4.69, 9.17) is 42.6 Å². The molecule has 8 aliphatic rings. The third kappa shape index (κ3) is 58.0. The van der Waals surface area contributed by atoms with Crippen molar-refractivity contribution in [2.45, 2.75) is 313 Å². The summed E-state index contributed by atoms with van der Waals surface area (Å²) in [6.07, 6.45) is 22.9. The van der Waals surface area contributed by atoms with Crippen LogP contribution >= 0.6 is 0 Å². The van der Waals surface area contributed by atoms with E-state index in [1.165, 1.54) is 109 Å². The van der Waals surface area contributed by atoms with Crippen LogP contribution in [-0.4, -0.2) is 106 Å². The molecule has 0 radical (unpaired) electrons. The molecule has 9 heteroatoms. The average Bonchev–Trinajstić information content (AvgIpc) is 4.14. The fourth-order valence-electron chi connectivity index (χ4n) is 12.2. The summed E-state index contributed by atoms with van der Waals surface area (Å²) >= 11 is 0. The van der Waals surface area contributed by atoms with Crippen molar-refractivity contribution in [3.8, 4) is 0 Å². The van der Waals surface area contributed by atoms with E-state index in [9.17, 15) is 0 Å². The van der Waals surface area contributed by atoms with Crippen LogP contribution in [0, 0.1) is 91.7 Å². The van der Waals surface area contributed by atoms with Gasteiger partial charge in [0.2, 0.25) is 0 Å². The molecule has 0 aromatic carbocycles. The lowest BCUT2D eigenvalue weighted by molar-refractivity contribution is -0.146.